The SMILES string of the molecule is COC(=O)C(C)(C)Nc1ccc2c(c1)OCCO2. The monoisotopic (exact) mass is 251 g/mol. The Morgan fingerprint density at radius 1 is 1.28 bits per heavy atom. The van der Waals surface area contributed by atoms with E-state index in [0.29, 0.717) is 19.0 Å². The van der Waals surface area contributed by atoms with E-state index in [1.165, 1.54) is 7.11 Å². The number of hydrogen-bond donors (Lipinski definition) is 1. The van der Waals surface area contributed by atoms with E-state index in [1.807, 2.05) is 18.2 Å². The number of benzene rings is 1. The Morgan fingerprint density at radius 2 is 1.94 bits per heavy atom. The van der Waals surface area contributed by atoms with Crippen LogP contribution in [0.5, 0.6) is 11.5 Å². The third kappa shape index (κ3) is 2.50. The summed E-state index contributed by atoms with van der Waals surface area (Å²) in [6.45, 7) is 4.62. The van der Waals surface area contributed by atoms with Crippen LogP contribution in [-0.2, 0) is 9.53 Å². The highest BCUT2D eigenvalue weighted by atomic mass is 16.6. The molecule has 0 atom stereocenters. The minimum absolute atomic E-state index is 0.322. The molecule has 0 spiro atoms. The number of methoxy groups -OCH3 is 1. The first kappa shape index (κ1) is 12.5. The van der Waals surface area contributed by atoms with Crippen LogP contribution in [0.25, 0.3) is 0 Å². The van der Waals surface area contributed by atoms with Crippen molar-refractivity contribution in [1.82, 2.24) is 0 Å². The van der Waals surface area contributed by atoms with Crippen molar-refractivity contribution >= 4 is 11.7 Å². The Kier molecular flexibility index (Phi) is 3.32. The molecule has 1 aromatic rings. The first-order valence-electron chi connectivity index (χ1n) is 5.79. The molecule has 0 bridgehead atoms. The molecule has 0 saturated carbocycles. The summed E-state index contributed by atoms with van der Waals surface area (Å²) in [6, 6.07) is 5.49. The van der Waals surface area contributed by atoms with Gasteiger partial charge in [0.2, 0.25) is 0 Å². The third-order valence-electron chi connectivity index (χ3n) is 2.69. The van der Waals surface area contributed by atoms with Crippen LogP contribution in [0, 0.1) is 0 Å². The van der Waals surface area contributed by atoms with Crippen LogP contribution in [0.4, 0.5) is 5.69 Å². The van der Waals surface area contributed by atoms with Gasteiger partial charge in [-0.3, -0.25) is 0 Å². The van der Waals surface area contributed by atoms with Gasteiger partial charge in [-0.25, -0.2) is 4.79 Å². The summed E-state index contributed by atoms with van der Waals surface area (Å²) in [5.41, 5.74) is -0.00643. The molecule has 0 amide bonds. The van der Waals surface area contributed by atoms with Gasteiger partial charge >= 0.3 is 5.97 Å². The smallest absolute Gasteiger partial charge is 0.330 e. The Balaban J connectivity index is 2.17. The molecule has 0 unspecified atom stereocenters. The van der Waals surface area contributed by atoms with Gasteiger partial charge in [0.05, 0.1) is 7.11 Å². The lowest BCUT2D eigenvalue weighted by molar-refractivity contribution is -0.144. The van der Waals surface area contributed by atoms with E-state index in [9.17, 15) is 4.79 Å². The number of nitrogens with one attached hydrogen (secondary N) is 1. The van der Waals surface area contributed by atoms with Crippen LogP contribution in [0.3, 0.4) is 0 Å². The molecule has 0 aromatic heterocycles. The van der Waals surface area contributed by atoms with Crippen molar-refractivity contribution in [1.29, 1.82) is 0 Å². The van der Waals surface area contributed by atoms with Crippen LogP contribution in [-0.4, -0.2) is 31.8 Å². The highest BCUT2D eigenvalue weighted by Crippen LogP contribution is 2.33. The van der Waals surface area contributed by atoms with Gasteiger partial charge in [0, 0.05) is 11.8 Å². The molecule has 0 aliphatic carbocycles. The van der Waals surface area contributed by atoms with E-state index >= 15 is 0 Å². The molecule has 0 fully saturated rings. The van der Waals surface area contributed by atoms with E-state index in [0.717, 1.165) is 11.4 Å². The Bertz CT molecular complexity index is 456. The summed E-state index contributed by atoms with van der Waals surface area (Å²) in [5.74, 6) is 1.09. The van der Waals surface area contributed by atoms with Gasteiger partial charge in [-0.1, -0.05) is 0 Å². The normalized spacial score (nSPS) is 13.9. The van der Waals surface area contributed by atoms with Crippen molar-refractivity contribution in [2.24, 2.45) is 0 Å². The Labute approximate surface area is 106 Å². The molecular weight excluding hydrogens is 234 g/mol. The van der Waals surface area contributed by atoms with Crippen molar-refractivity contribution in [3.63, 3.8) is 0 Å². The number of hydrogen-bond acceptors (Lipinski definition) is 5. The van der Waals surface area contributed by atoms with Gasteiger partial charge in [0.25, 0.3) is 0 Å². The van der Waals surface area contributed by atoms with Crippen LogP contribution >= 0.6 is 0 Å². The molecule has 98 valence electrons. The lowest BCUT2D eigenvalue weighted by Crippen LogP contribution is -2.41. The van der Waals surface area contributed by atoms with Crippen molar-refractivity contribution < 1.29 is 19.0 Å². The standard InChI is InChI=1S/C13H17NO4/c1-13(2,12(15)16-3)14-9-4-5-10-11(8-9)18-7-6-17-10/h4-5,8,14H,6-7H2,1-3H3. The summed E-state index contributed by atoms with van der Waals surface area (Å²) < 4.78 is 15.7. The minimum atomic E-state index is -0.793. The van der Waals surface area contributed by atoms with Gasteiger partial charge in [-0.2, -0.15) is 0 Å². The van der Waals surface area contributed by atoms with Crippen LogP contribution in [0.1, 0.15) is 13.8 Å². The van der Waals surface area contributed by atoms with Crippen molar-refractivity contribution in [3.8, 4) is 11.5 Å². The molecule has 5 heteroatoms. The fourth-order valence-corrected chi connectivity index (χ4v) is 1.79. The van der Waals surface area contributed by atoms with Gasteiger partial charge in [0.15, 0.2) is 11.5 Å². The first-order valence-corrected chi connectivity index (χ1v) is 5.79. The number of ether oxygens (including phenoxy) is 3. The van der Waals surface area contributed by atoms with Crippen LogP contribution < -0.4 is 14.8 Å². The quantitative estimate of drug-likeness (QED) is 0.830. The number of esters is 1. The molecule has 0 radical (unpaired) electrons. The summed E-state index contributed by atoms with van der Waals surface area (Å²) in [4.78, 5) is 11.6. The minimum Gasteiger partial charge on any atom is -0.486 e. The van der Waals surface area contributed by atoms with E-state index in [1.54, 1.807) is 13.8 Å². The number of fused-ring (bicyclic) bond motifs is 1. The number of anilines is 1. The fraction of sp³-hybridized carbons (Fsp3) is 0.462. The average molecular weight is 251 g/mol. The highest BCUT2D eigenvalue weighted by molar-refractivity contribution is 5.83. The van der Waals surface area contributed by atoms with Crippen LogP contribution in [0.2, 0.25) is 0 Å². The predicted molar refractivity (Wildman–Crippen MR) is 67.1 cm³/mol. The van der Waals surface area contributed by atoms with Crippen LogP contribution in [0.15, 0.2) is 18.2 Å². The predicted octanol–water partition coefficient (Wildman–Crippen LogP) is 1.82. The molecule has 2 rings (SSSR count). The number of carbonyl (C=O) groups excluding carboxylic acids is 1. The van der Waals surface area contributed by atoms with Gasteiger partial charge < -0.3 is 19.5 Å². The molecule has 1 aliphatic heterocycles. The Morgan fingerprint density at radius 3 is 2.61 bits per heavy atom. The maximum atomic E-state index is 11.6. The third-order valence-corrected chi connectivity index (χ3v) is 2.69. The molecule has 1 heterocycles. The maximum absolute atomic E-state index is 11.6. The second-order valence-electron chi connectivity index (χ2n) is 4.60. The lowest BCUT2D eigenvalue weighted by Gasteiger charge is -2.25. The number of carbonyl (C=O) groups is 1. The van der Waals surface area contributed by atoms with Crippen molar-refractivity contribution in [2.75, 3.05) is 25.6 Å². The first-order chi connectivity index (χ1) is 8.53. The van der Waals surface area contributed by atoms with Gasteiger partial charge in [-0.05, 0) is 26.0 Å². The van der Waals surface area contributed by atoms with Crippen molar-refractivity contribution in [3.05, 3.63) is 18.2 Å². The van der Waals surface area contributed by atoms with E-state index in [-0.39, 0.29) is 5.97 Å². The largest absolute Gasteiger partial charge is 0.486 e. The fourth-order valence-electron chi connectivity index (χ4n) is 1.79. The molecule has 1 aliphatic rings. The molecule has 1 N–H and O–H groups in total. The highest BCUT2D eigenvalue weighted by Gasteiger charge is 2.28. The molecule has 5 nitrogen and oxygen atoms in total. The van der Waals surface area contributed by atoms with Gasteiger partial charge in [-0.15, -0.1) is 0 Å². The van der Waals surface area contributed by atoms with Gasteiger partial charge in [0.1, 0.15) is 18.8 Å². The summed E-state index contributed by atoms with van der Waals surface area (Å²) >= 11 is 0. The number of rotatable bonds is 3. The summed E-state index contributed by atoms with van der Waals surface area (Å²) in [5, 5.41) is 3.11. The van der Waals surface area contributed by atoms with Crippen molar-refractivity contribution in [2.45, 2.75) is 19.4 Å². The summed E-state index contributed by atoms with van der Waals surface area (Å²) in [7, 11) is 1.37. The zero-order valence-electron chi connectivity index (χ0n) is 10.8. The average Bonchev–Trinajstić information content (AvgIpc) is 2.37. The molecule has 1 aromatic carbocycles. The zero-order valence-corrected chi connectivity index (χ0v) is 10.8. The van der Waals surface area contributed by atoms with E-state index in [4.69, 9.17) is 14.2 Å². The maximum Gasteiger partial charge on any atom is 0.330 e. The molecular formula is C13H17NO4. The van der Waals surface area contributed by atoms with E-state index in [2.05, 4.69) is 5.32 Å². The Hall–Kier alpha value is -1.91. The molecule has 18 heavy (non-hydrogen) atoms. The molecule has 0 saturated heterocycles. The summed E-state index contributed by atoms with van der Waals surface area (Å²) in [6.07, 6.45) is 0. The van der Waals surface area contributed by atoms with E-state index < -0.39 is 5.54 Å². The zero-order chi connectivity index (χ0) is 13.2. The second kappa shape index (κ2) is 4.76. The second-order valence-corrected chi connectivity index (χ2v) is 4.60. The topological polar surface area (TPSA) is 56.8 Å². The lowest BCUT2D eigenvalue weighted by atomic mass is 10.1.